The van der Waals surface area contributed by atoms with Crippen LogP contribution in [0, 0.1) is 13.8 Å². The Balaban J connectivity index is 0.00000272. The normalized spacial score (nSPS) is 14.4. The number of ether oxygens (including phenoxy) is 3. The Bertz CT molecular complexity index is 1020. The monoisotopic (exact) mass is 451 g/mol. The Labute approximate surface area is 210 Å². The molecule has 7 nitrogen and oxygen atoms in total. The molecule has 1 saturated heterocycles. The molecule has 2 heterocycles. The van der Waals surface area contributed by atoms with Gasteiger partial charge in [0, 0.05) is 5.56 Å². The van der Waals surface area contributed by atoms with Crippen LogP contribution in [0.25, 0.3) is 11.1 Å². The van der Waals surface area contributed by atoms with E-state index in [0.717, 1.165) is 39.5 Å². The molecule has 4 rings (SSSR count). The SMILES string of the molecule is Cc1noc(C)c1-c1cccc(COc2ccc(C3(OCC(=O)O)COC3)cc2)c1.[CaH2]. The van der Waals surface area contributed by atoms with Crippen LogP contribution in [-0.4, -0.2) is 73.8 Å². The van der Waals surface area contributed by atoms with Crippen LogP contribution in [-0.2, 0) is 26.5 Å². The Morgan fingerprint density at radius 3 is 2.48 bits per heavy atom. The van der Waals surface area contributed by atoms with E-state index < -0.39 is 11.6 Å². The summed E-state index contributed by atoms with van der Waals surface area (Å²) in [5, 5.41) is 12.9. The van der Waals surface area contributed by atoms with Crippen LogP contribution >= 0.6 is 0 Å². The number of rotatable bonds is 8. The molecular formula is C23H25CaNO6. The van der Waals surface area contributed by atoms with Crippen LogP contribution in [0.5, 0.6) is 5.75 Å². The van der Waals surface area contributed by atoms with Gasteiger partial charge < -0.3 is 23.8 Å². The van der Waals surface area contributed by atoms with Crippen molar-refractivity contribution < 1.29 is 28.6 Å². The first kappa shape index (κ1) is 23.8. The van der Waals surface area contributed by atoms with E-state index in [2.05, 4.69) is 11.2 Å². The van der Waals surface area contributed by atoms with Crippen molar-refractivity contribution in [3.63, 3.8) is 0 Å². The first-order valence-corrected chi connectivity index (χ1v) is 9.66. The summed E-state index contributed by atoms with van der Waals surface area (Å²) in [5.74, 6) is 0.510. The molecule has 3 aromatic rings. The van der Waals surface area contributed by atoms with Crippen molar-refractivity contribution in [3.05, 3.63) is 71.1 Å². The number of carboxylic acids is 1. The van der Waals surface area contributed by atoms with Gasteiger partial charge in [-0.05, 0) is 48.7 Å². The predicted molar refractivity (Wildman–Crippen MR) is 117 cm³/mol. The van der Waals surface area contributed by atoms with Crippen LogP contribution < -0.4 is 4.74 Å². The van der Waals surface area contributed by atoms with Gasteiger partial charge >= 0.3 is 43.7 Å². The Morgan fingerprint density at radius 2 is 1.90 bits per heavy atom. The number of aliphatic carboxylic acids is 1. The maximum atomic E-state index is 10.8. The second-order valence-electron chi connectivity index (χ2n) is 7.38. The number of carboxylic acid groups (broad SMARTS) is 1. The van der Waals surface area contributed by atoms with E-state index in [1.54, 1.807) is 0 Å². The van der Waals surface area contributed by atoms with E-state index in [-0.39, 0.29) is 44.3 Å². The third kappa shape index (κ3) is 5.30. The second-order valence-corrected chi connectivity index (χ2v) is 7.38. The van der Waals surface area contributed by atoms with Gasteiger partial charge in [0.15, 0.2) is 0 Å². The first-order valence-electron chi connectivity index (χ1n) is 9.66. The van der Waals surface area contributed by atoms with Crippen molar-refractivity contribution in [2.45, 2.75) is 26.1 Å². The molecule has 2 aromatic carbocycles. The summed E-state index contributed by atoms with van der Waals surface area (Å²) in [5.41, 5.74) is 4.13. The molecule has 1 aromatic heterocycles. The van der Waals surface area contributed by atoms with Crippen molar-refractivity contribution in [1.82, 2.24) is 5.16 Å². The average molecular weight is 452 g/mol. The molecule has 1 fully saturated rings. The van der Waals surface area contributed by atoms with Crippen molar-refractivity contribution in [3.8, 4) is 16.9 Å². The fourth-order valence-corrected chi connectivity index (χ4v) is 3.55. The standard InChI is InChI=1S/C23H23NO6.Ca.2H/c1-15-22(16(2)30-24-15)18-5-3-4-17(10-18)11-28-20-8-6-19(7-9-20)23(13-27-14-23)29-12-21(25)26;;;/h3-10H,11-14H2,1-2H3,(H,25,26);;;. The first-order chi connectivity index (χ1) is 14.5. The van der Waals surface area contributed by atoms with E-state index in [1.807, 2.05) is 56.3 Å². The van der Waals surface area contributed by atoms with Gasteiger partial charge in [0.1, 0.15) is 30.3 Å². The zero-order chi connectivity index (χ0) is 21.1. The summed E-state index contributed by atoms with van der Waals surface area (Å²) in [6.45, 7) is 4.57. The molecule has 0 radical (unpaired) electrons. The van der Waals surface area contributed by atoms with Gasteiger partial charge in [0.25, 0.3) is 0 Å². The van der Waals surface area contributed by atoms with Gasteiger partial charge in [0.05, 0.1) is 18.9 Å². The molecule has 1 aliphatic heterocycles. The molecule has 0 spiro atoms. The number of aromatic nitrogens is 1. The Morgan fingerprint density at radius 1 is 1.16 bits per heavy atom. The molecule has 1 aliphatic rings. The number of aryl methyl sites for hydroxylation is 2. The molecule has 0 saturated carbocycles. The van der Waals surface area contributed by atoms with Gasteiger partial charge in [-0.3, -0.25) is 0 Å². The van der Waals surface area contributed by atoms with Gasteiger partial charge in [-0.1, -0.05) is 35.5 Å². The van der Waals surface area contributed by atoms with Crippen molar-refractivity contribution in [1.29, 1.82) is 0 Å². The number of carbonyl (C=O) groups is 1. The summed E-state index contributed by atoms with van der Waals surface area (Å²) in [7, 11) is 0. The molecule has 0 bridgehead atoms. The third-order valence-corrected chi connectivity index (χ3v) is 5.18. The van der Waals surface area contributed by atoms with E-state index in [0.29, 0.717) is 19.8 Å². The van der Waals surface area contributed by atoms with Crippen LogP contribution in [0.1, 0.15) is 22.6 Å². The zero-order valence-electron chi connectivity index (χ0n) is 16.9. The van der Waals surface area contributed by atoms with Gasteiger partial charge in [-0.15, -0.1) is 0 Å². The van der Waals surface area contributed by atoms with Crippen molar-refractivity contribution >= 4 is 43.7 Å². The number of hydrogen-bond donors (Lipinski definition) is 1. The van der Waals surface area contributed by atoms with Crippen LogP contribution in [0.3, 0.4) is 0 Å². The van der Waals surface area contributed by atoms with Crippen LogP contribution in [0.15, 0.2) is 53.1 Å². The van der Waals surface area contributed by atoms with Crippen LogP contribution in [0.2, 0.25) is 0 Å². The summed E-state index contributed by atoms with van der Waals surface area (Å²) < 4.78 is 22.0. The quantitative estimate of drug-likeness (QED) is 0.527. The summed E-state index contributed by atoms with van der Waals surface area (Å²) in [4.78, 5) is 10.8. The minimum absolute atomic E-state index is 0. The summed E-state index contributed by atoms with van der Waals surface area (Å²) >= 11 is 0. The van der Waals surface area contributed by atoms with Crippen molar-refractivity contribution in [2.75, 3.05) is 19.8 Å². The van der Waals surface area contributed by atoms with Gasteiger partial charge in [-0.2, -0.15) is 0 Å². The molecule has 8 heteroatoms. The van der Waals surface area contributed by atoms with E-state index in [1.165, 1.54) is 0 Å². The van der Waals surface area contributed by atoms with Gasteiger partial charge in [0.2, 0.25) is 0 Å². The number of hydrogen-bond acceptors (Lipinski definition) is 6. The molecule has 31 heavy (non-hydrogen) atoms. The maximum absolute atomic E-state index is 10.8. The molecule has 0 aliphatic carbocycles. The molecular weight excluding hydrogens is 426 g/mol. The van der Waals surface area contributed by atoms with E-state index in [4.69, 9.17) is 23.8 Å². The van der Waals surface area contributed by atoms with Gasteiger partial charge in [-0.25, -0.2) is 4.79 Å². The molecule has 0 amide bonds. The fraction of sp³-hybridized carbons (Fsp3) is 0.304. The number of nitrogens with zero attached hydrogens (tertiary/aromatic N) is 1. The second kappa shape index (κ2) is 10.1. The molecule has 0 unspecified atom stereocenters. The van der Waals surface area contributed by atoms with E-state index >= 15 is 0 Å². The third-order valence-electron chi connectivity index (χ3n) is 5.18. The minimum atomic E-state index is -1.000. The fourth-order valence-electron chi connectivity index (χ4n) is 3.55. The Hall–Kier alpha value is -1.90. The summed E-state index contributed by atoms with van der Waals surface area (Å²) in [6.07, 6.45) is 0. The molecule has 1 N–H and O–H groups in total. The average Bonchev–Trinajstić information content (AvgIpc) is 3.04. The van der Waals surface area contributed by atoms with E-state index in [9.17, 15) is 4.79 Å². The number of benzene rings is 2. The van der Waals surface area contributed by atoms with Crippen LogP contribution in [0.4, 0.5) is 0 Å². The zero-order valence-corrected chi connectivity index (χ0v) is 16.9. The Kier molecular flexibility index (Phi) is 7.78. The summed E-state index contributed by atoms with van der Waals surface area (Å²) in [6, 6.07) is 15.6. The topological polar surface area (TPSA) is 91.0 Å². The molecule has 0 atom stereocenters. The molecule has 160 valence electrons. The predicted octanol–water partition coefficient (Wildman–Crippen LogP) is 2.95. The van der Waals surface area contributed by atoms with Crippen molar-refractivity contribution in [2.24, 2.45) is 0 Å².